The highest BCUT2D eigenvalue weighted by molar-refractivity contribution is 7.85. The van der Waals surface area contributed by atoms with Gasteiger partial charge in [-0.2, -0.15) is 8.42 Å². The highest BCUT2D eigenvalue weighted by atomic mass is 32.2. The Morgan fingerprint density at radius 1 is 1.06 bits per heavy atom. The second-order valence-corrected chi connectivity index (χ2v) is 5.25. The predicted molar refractivity (Wildman–Crippen MR) is 55.3 cm³/mol. The minimum atomic E-state index is -4.64. The van der Waals surface area contributed by atoms with Crippen molar-refractivity contribution in [3.8, 4) is 0 Å². The topological polar surface area (TPSA) is 132 Å². The standard InChI is InChI=1S/C7H8O3S.H3O4P/c1-6-2-4-7(5-3-6)11(8,9)10;1-5(2,3)4/h2-5H,1H3,(H,8,9,10);(H3,1,2,3,4). The van der Waals surface area contributed by atoms with Crippen molar-refractivity contribution < 1.29 is 32.2 Å². The number of hydrogen-bond donors (Lipinski definition) is 4. The van der Waals surface area contributed by atoms with Crippen molar-refractivity contribution in [2.24, 2.45) is 0 Å². The molecular formula is C7H11O7PS. The average Bonchev–Trinajstić information content (AvgIpc) is 1.99. The molecule has 92 valence electrons. The fourth-order valence-corrected chi connectivity index (χ4v) is 1.19. The maximum absolute atomic E-state index is 10.5. The molecule has 0 saturated carbocycles. The summed E-state index contributed by atoms with van der Waals surface area (Å²) >= 11 is 0. The van der Waals surface area contributed by atoms with Crippen molar-refractivity contribution in [3.05, 3.63) is 29.8 Å². The molecule has 0 aliphatic heterocycles. The van der Waals surface area contributed by atoms with Gasteiger partial charge in [-0.25, -0.2) is 4.57 Å². The fourth-order valence-electron chi connectivity index (χ4n) is 0.710. The van der Waals surface area contributed by atoms with E-state index in [0.29, 0.717) is 0 Å². The zero-order chi connectivity index (χ0) is 13.0. The van der Waals surface area contributed by atoms with Gasteiger partial charge in [-0.1, -0.05) is 17.7 Å². The first-order chi connectivity index (χ1) is 7.00. The zero-order valence-corrected chi connectivity index (χ0v) is 9.89. The predicted octanol–water partition coefficient (Wildman–Crippen LogP) is 0.313. The van der Waals surface area contributed by atoms with E-state index in [2.05, 4.69) is 0 Å². The highest BCUT2D eigenvalue weighted by Gasteiger charge is 2.06. The Morgan fingerprint density at radius 2 is 1.38 bits per heavy atom. The van der Waals surface area contributed by atoms with E-state index in [0.717, 1.165) is 5.56 Å². The Labute approximate surface area is 92.4 Å². The molecule has 0 aliphatic carbocycles. The van der Waals surface area contributed by atoms with Crippen LogP contribution in [-0.4, -0.2) is 27.7 Å². The van der Waals surface area contributed by atoms with Crippen LogP contribution in [0.15, 0.2) is 29.2 Å². The van der Waals surface area contributed by atoms with E-state index in [9.17, 15) is 8.42 Å². The molecule has 0 radical (unpaired) electrons. The lowest BCUT2D eigenvalue weighted by atomic mass is 10.2. The van der Waals surface area contributed by atoms with Crippen molar-refractivity contribution in [3.63, 3.8) is 0 Å². The zero-order valence-electron chi connectivity index (χ0n) is 8.18. The molecule has 0 aliphatic rings. The summed E-state index contributed by atoms with van der Waals surface area (Å²) in [6, 6.07) is 5.99. The first-order valence-electron chi connectivity index (χ1n) is 3.82. The van der Waals surface area contributed by atoms with Crippen LogP contribution in [-0.2, 0) is 14.7 Å². The molecule has 0 aromatic heterocycles. The van der Waals surface area contributed by atoms with E-state index < -0.39 is 17.9 Å². The Balaban J connectivity index is 0.000000385. The first kappa shape index (κ1) is 15.2. The van der Waals surface area contributed by atoms with Crippen molar-refractivity contribution in [2.75, 3.05) is 0 Å². The van der Waals surface area contributed by atoms with E-state index in [1.54, 1.807) is 12.1 Å². The average molecular weight is 270 g/mol. The molecule has 0 amide bonds. The van der Waals surface area contributed by atoms with Gasteiger partial charge in [0.1, 0.15) is 0 Å². The quantitative estimate of drug-likeness (QED) is 0.426. The van der Waals surface area contributed by atoms with Crippen LogP contribution in [0.5, 0.6) is 0 Å². The van der Waals surface area contributed by atoms with Crippen LogP contribution >= 0.6 is 7.82 Å². The summed E-state index contributed by atoms with van der Waals surface area (Å²) in [5.74, 6) is 0. The summed E-state index contributed by atoms with van der Waals surface area (Å²) in [4.78, 5) is 21.5. The molecule has 0 atom stereocenters. The third kappa shape index (κ3) is 8.54. The smallest absolute Gasteiger partial charge is 0.303 e. The number of benzene rings is 1. The Bertz CT molecular complexity index is 464. The molecule has 1 aromatic carbocycles. The molecule has 9 heteroatoms. The Hall–Kier alpha value is -0.760. The van der Waals surface area contributed by atoms with E-state index >= 15 is 0 Å². The maximum Gasteiger partial charge on any atom is 0.466 e. The SMILES string of the molecule is Cc1ccc(S(=O)(=O)O)cc1.O=P(O)(O)O. The third-order valence-electron chi connectivity index (χ3n) is 1.32. The largest absolute Gasteiger partial charge is 0.466 e. The Morgan fingerprint density at radius 3 is 1.62 bits per heavy atom. The van der Waals surface area contributed by atoms with Gasteiger partial charge in [0, 0.05) is 0 Å². The van der Waals surface area contributed by atoms with Gasteiger partial charge in [-0.05, 0) is 19.1 Å². The lowest BCUT2D eigenvalue weighted by Gasteiger charge is -1.95. The molecule has 1 aromatic rings. The highest BCUT2D eigenvalue weighted by Crippen LogP contribution is 2.25. The summed E-state index contributed by atoms with van der Waals surface area (Å²) in [5.41, 5.74) is 0.956. The van der Waals surface area contributed by atoms with Crippen LogP contribution in [0.1, 0.15) is 5.56 Å². The number of rotatable bonds is 1. The van der Waals surface area contributed by atoms with Crippen molar-refractivity contribution in [1.29, 1.82) is 0 Å². The second kappa shape index (κ2) is 5.53. The molecule has 0 saturated heterocycles. The third-order valence-corrected chi connectivity index (χ3v) is 2.19. The van der Waals surface area contributed by atoms with E-state index in [1.807, 2.05) is 6.92 Å². The van der Waals surface area contributed by atoms with Gasteiger partial charge in [0.25, 0.3) is 10.1 Å². The molecule has 0 heterocycles. The molecule has 0 bridgehead atoms. The molecule has 7 nitrogen and oxygen atoms in total. The van der Waals surface area contributed by atoms with Crippen molar-refractivity contribution >= 4 is 17.9 Å². The van der Waals surface area contributed by atoms with E-state index in [4.69, 9.17) is 23.8 Å². The molecule has 0 spiro atoms. The summed E-state index contributed by atoms with van der Waals surface area (Å²) in [7, 11) is -8.66. The van der Waals surface area contributed by atoms with Gasteiger partial charge in [0.15, 0.2) is 0 Å². The normalized spacial score (nSPS) is 11.6. The maximum atomic E-state index is 10.5. The minimum Gasteiger partial charge on any atom is -0.303 e. The summed E-state index contributed by atoms with van der Waals surface area (Å²) in [6.07, 6.45) is 0. The van der Waals surface area contributed by atoms with Crippen LogP contribution in [0.3, 0.4) is 0 Å². The number of phosphoric acid groups is 1. The van der Waals surface area contributed by atoms with Crippen molar-refractivity contribution in [2.45, 2.75) is 11.8 Å². The van der Waals surface area contributed by atoms with Gasteiger partial charge < -0.3 is 14.7 Å². The van der Waals surface area contributed by atoms with Crippen molar-refractivity contribution in [1.82, 2.24) is 0 Å². The van der Waals surface area contributed by atoms with Gasteiger partial charge in [0.2, 0.25) is 0 Å². The summed E-state index contributed by atoms with van der Waals surface area (Å²) < 4.78 is 38.4. The van der Waals surface area contributed by atoms with Crippen LogP contribution in [0.2, 0.25) is 0 Å². The van der Waals surface area contributed by atoms with Crippen LogP contribution in [0.25, 0.3) is 0 Å². The van der Waals surface area contributed by atoms with E-state index in [-0.39, 0.29) is 4.90 Å². The monoisotopic (exact) mass is 270 g/mol. The molecule has 4 N–H and O–H groups in total. The van der Waals surface area contributed by atoms with E-state index in [1.165, 1.54) is 12.1 Å². The van der Waals surface area contributed by atoms with Crippen LogP contribution in [0.4, 0.5) is 0 Å². The number of aryl methyl sites for hydroxylation is 1. The van der Waals surface area contributed by atoms with Gasteiger partial charge >= 0.3 is 7.82 Å². The van der Waals surface area contributed by atoms with Crippen LogP contribution in [0, 0.1) is 6.92 Å². The summed E-state index contributed by atoms with van der Waals surface area (Å²) in [5, 5.41) is 0. The second-order valence-electron chi connectivity index (χ2n) is 2.80. The van der Waals surface area contributed by atoms with Gasteiger partial charge in [-0.3, -0.25) is 4.55 Å². The summed E-state index contributed by atoms with van der Waals surface area (Å²) in [6.45, 7) is 1.84. The fraction of sp³-hybridized carbons (Fsp3) is 0.143. The molecule has 1 rings (SSSR count). The number of hydrogen-bond acceptors (Lipinski definition) is 3. The van der Waals surface area contributed by atoms with Gasteiger partial charge in [0.05, 0.1) is 4.90 Å². The molecule has 0 fully saturated rings. The molecule has 16 heavy (non-hydrogen) atoms. The lowest BCUT2D eigenvalue weighted by Crippen LogP contribution is -1.96. The first-order valence-corrected chi connectivity index (χ1v) is 6.83. The lowest BCUT2D eigenvalue weighted by molar-refractivity contribution is 0.275. The molecule has 0 unspecified atom stereocenters. The van der Waals surface area contributed by atoms with Gasteiger partial charge in [-0.15, -0.1) is 0 Å². The van der Waals surface area contributed by atoms with Crippen LogP contribution < -0.4 is 0 Å². The Kier molecular flexibility index (Phi) is 5.27. The molecular weight excluding hydrogens is 259 g/mol. The minimum absolute atomic E-state index is 0.0666.